The number of rotatable bonds is 5. The van der Waals surface area contributed by atoms with Crippen LogP contribution in [0, 0.1) is 0 Å². The summed E-state index contributed by atoms with van der Waals surface area (Å²) in [4.78, 5) is 44.2. The molecule has 3 heterocycles. The minimum Gasteiger partial charge on any atom is -0.444 e. The third-order valence-electron chi connectivity index (χ3n) is 6.27. The summed E-state index contributed by atoms with van der Waals surface area (Å²) in [6.07, 6.45) is 0.424. The van der Waals surface area contributed by atoms with Gasteiger partial charge in [-0.25, -0.2) is 9.78 Å². The summed E-state index contributed by atoms with van der Waals surface area (Å²) in [5, 5.41) is 4.99. The van der Waals surface area contributed by atoms with Gasteiger partial charge in [-0.05, 0) is 58.7 Å². The molecule has 4 rings (SSSR count). The molecule has 0 aliphatic carbocycles. The Morgan fingerprint density at radius 2 is 1.86 bits per heavy atom. The van der Waals surface area contributed by atoms with Crippen LogP contribution in [0.25, 0.3) is 10.9 Å². The first-order valence-electron chi connectivity index (χ1n) is 11.9. The van der Waals surface area contributed by atoms with E-state index < -0.39 is 11.7 Å². The molecule has 1 fully saturated rings. The zero-order valence-corrected chi connectivity index (χ0v) is 21.2. The second-order valence-corrected chi connectivity index (χ2v) is 10.4. The number of amides is 3. The van der Waals surface area contributed by atoms with Gasteiger partial charge in [-0.1, -0.05) is 17.6 Å². The van der Waals surface area contributed by atoms with Crippen LogP contribution in [0.3, 0.4) is 0 Å². The van der Waals surface area contributed by atoms with Crippen molar-refractivity contribution < 1.29 is 19.1 Å². The van der Waals surface area contributed by atoms with Crippen LogP contribution in [0.15, 0.2) is 35.4 Å². The van der Waals surface area contributed by atoms with E-state index in [1.165, 1.54) is 0 Å². The summed E-state index contributed by atoms with van der Waals surface area (Å²) in [5.41, 5.74) is 6.12. The maximum atomic E-state index is 12.5. The van der Waals surface area contributed by atoms with Crippen molar-refractivity contribution in [1.82, 2.24) is 20.2 Å². The molecule has 0 spiro atoms. The van der Waals surface area contributed by atoms with Crippen molar-refractivity contribution >= 4 is 47.9 Å². The van der Waals surface area contributed by atoms with Crippen LogP contribution in [0.1, 0.15) is 46.6 Å². The quantitative estimate of drug-likeness (QED) is 0.498. The molecule has 1 unspecified atom stereocenters. The van der Waals surface area contributed by atoms with E-state index in [2.05, 4.69) is 20.6 Å². The third kappa shape index (κ3) is 5.48. The lowest BCUT2D eigenvalue weighted by Crippen LogP contribution is -2.40. The number of carbonyl (C=O) groups is 3. The van der Waals surface area contributed by atoms with Crippen LogP contribution in [0.5, 0.6) is 0 Å². The molecule has 9 nitrogen and oxygen atoms in total. The van der Waals surface area contributed by atoms with Crippen LogP contribution < -0.4 is 16.2 Å². The number of hydrogen-bond donors (Lipinski definition) is 2. The molecule has 2 aliphatic rings. The third-order valence-corrected chi connectivity index (χ3v) is 6.27. The Balaban J connectivity index is 1.52. The Kier molecular flexibility index (Phi) is 6.59. The predicted molar refractivity (Wildman–Crippen MR) is 137 cm³/mol. The van der Waals surface area contributed by atoms with Gasteiger partial charge in [-0.15, -0.1) is 0 Å². The minimum absolute atomic E-state index is 0.00894. The highest BCUT2D eigenvalue weighted by molar-refractivity contribution is 6.33. The van der Waals surface area contributed by atoms with E-state index in [9.17, 15) is 14.4 Å². The average molecular weight is 477 g/mol. The van der Waals surface area contributed by atoms with Crippen molar-refractivity contribution in [3.05, 3.63) is 41.0 Å². The summed E-state index contributed by atoms with van der Waals surface area (Å²) < 4.78 is 5.39. The van der Waals surface area contributed by atoms with E-state index in [-0.39, 0.29) is 17.9 Å². The fraction of sp³-hybridized carbons (Fsp3) is 0.440. The number of fused-ring (bicyclic) bond motifs is 1. The Labute approximate surface area is 206 Å². The van der Waals surface area contributed by atoms with Gasteiger partial charge in [0.15, 0.2) is 0 Å². The smallest absolute Gasteiger partial charge is 0.407 e. The van der Waals surface area contributed by atoms with Gasteiger partial charge in [0.25, 0.3) is 11.8 Å². The van der Waals surface area contributed by atoms with Crippen molar-refractivity contribution in [2.45, 2.75) is 59.2 Å². The van der Waals surface area contributed by atoms with E-state index in [0.717, 1.165) is 39.9 Å². The summed E-state index contributed by atoms with van der Waals surface area (Å²) in [6.45, 7) is 11.0. The molecule has 2 aromatic rings. The molecule has 35 heavy (non-hydrogen) atoms. The second-order valence-electron chi connectivity index (χ2n) is 10.4. The van der Waals surface area contributed by atoms with Crippen LogP contribution in [-0.2, 0) is 20.9 Å². The van der Waals surface area contributed by atoms with Crippen LogP contribution in [0.4, 0.5) is 10.6 Å². The molecule has 1 aromatic carbocycles. The average Bonchev–Trinajstić information content (AvgIpc) is 3.26. The molecule has 1 saturated heterocycles. The Hall–Kier alpha value is -3.40. The molecule has 3 amide bonds. The molecule has 1 atom stereocenters. The number of benzene rings is 1. The van der Waals surface area contributed by atoms with Crippen molar-refractivity contribution in [2.24, 2.45) is 0 Å². The number of alkyl carbamates (subject to hydrolysis) is 1. The van der Waals surface area contributed by atoms with E-state index in [4.69, 9.17) is 4.74 Å². The predicted octanol–water partition coefficient (Wildman–Crippen LogP) is 1.62. The highest BCUT2D eigenvalue weighted by atomic mass is 16.6. The zero-order valence-electron chi connectivity index (χ0n) is 21.2. The fourth-order valence-corrected chi connectivity index (χ4v) is 4.37. The molecule has 0 saturated carbocycles. The number of hydrazine groups is 1. The number of anilines is 1. The monoisotopic (exact) mass is 477 g/mol. The second kappa shape index (κ2) is 9.33. The lowest BCUT2D eigenvalue weighted by atomic mass is 9.94. The number of hydrogen-bond acceptors (Lipinski definition) is 7. The zero-order chi connectivity index (χ0) is 25.5. The summed E-state index contributed by atoms with van der Waals surface area (Å²) in [6, 6.07) is 7.97. The van der Waals surface area contributed by atoms with Gasteiger partial charge in [-0.2, -0.15) is 5.01 Å². The lowest BCUT2D eigenvalue weighted by Gasteiger charge is -2.22. The highest BCUT2D eigenvalue weighted by Crippen LogP contribution is 2.26. The van der Waals surface area contributed by atoms with Gasteiger partial charge >= 0.3 is 6.09 Å². The van der Waals surface area contributed by atoms with Crippen LogP contribution in [0.2, 0.25) is 0 Å². The van der Waals surface area contributed by atoms with Gasteiger partial charge in [-0.3, -0.25) is 19.9 Å². The van der Waals surface area contributed by atoms with E-state index in [1.807, 2.05) is 52.9 Å². The first kappa shape index (κ1) is 24.7. The Bertz CT molecular complexity index is 1210. The molecular weight excluding hydrogens is 445 g/mol. The maximum absolute atomic E-state index is 12.5. The van der Waals surface area contributed by atoms with Gasteiger partial charge in [0, 0.05) is 42.2 Å². The van der Waals surface area contributed by atoms with Gasteiger partial charge in [0.1, 0.15) is 19.3 Å². The number of imide groups is 1. The lowest BCUT2D eigenvalue weighted by molar-refractivity contribution is -0.135. The first-order chi connectivity index (χ1) is 16.4. The highest BCUT2D eigenvalue weighted by Gasteiger charge is 2.34. The van der Waals surface area contributed by atoms with Crippen molar-refractivity contribution in [3.8, 4) is 0 Å². The largest absolute Gasteiger partial charge is 0.444 e. The number of likely N-dealkylation sites (tertiary alicyclic amines) is 1. The molecule has 184 valence electrons. The number of aromatic nitrogens is 1. The molecule has 0 radical (unpaired) electrons. The van der Waals surface area contributed by atoms with Crippen molar-refractivity contribution in [3.63, 3.8) is 0 Å². The van der Waals surface area contributed by atoms with Crippen molar-refractivity contribution in [2.75, 3.05) is 18.5 Å². The van der Waals surface area contributed by atoms with Crippen LogP contribution >= 0.6 is 0 Å². The summed E-state index contributed by atoms with van der Waals surface area (Å²) in [5.74, 6) is -0.295. The van der Waals surface area contributed by atoms with Gasteiger partial charge in [0.05, 0.1) is 5.52 Å². The summed E-state index contributed by atoms with van der Waals surface area (Å²) in [7, 11) is 2.00. The SMILES string of the molecule is Bc1ccc2c(CN3CCC(NC(=O)OC(C)(C)C)C3)cc(NN3C(=O)C(C)=C(C)C3=O)nc2c1. The molecule has 2 N–H and O–H groups in total. The first-order valence-corrected chi connectivity index (χ1v) is 11.9. The standard InChI is InChI=1S/C25H32BN5O4/c1-14-15(2)23(33)31(22(14)32)29-21-10-16(19-7-6-17(26)11-20(19)28-21)12-30-9-8-18(13-30)27-24(34)35-25(3,4)5/h6-7,10-11,18H,8-9,12-13,26H2,1-5H3,(H,27,34)(H,28,29). The number of nitrogens with zero attached hydrogens (tertiary/aromatic N) is 3. The van der Waals surface area contributed by atoms with E-state index in [1.54, 1.807) is 13.8 Å². The number of pyridine rings is 1. The topological polar surface area (TPSA) is 104 Å². The molecule has 1 aromatic heterocycles. The minimum atomic E-state index is -0.537. The molecular formula is C25H32BN5O4. The van der Waals surface area contributed by atoms with Crippen molar-refractivity contribution in [1.29, 1.82) is 0 Å². The molecule has 2 aliphatic heterocycles. The van der Waals surface area contributed by atoms with Gasteiger partial charge in [0.2, 0.25) is 0 Å². The van der Waals surface area contributed by atoms with E-state index in [0.29, 0.717) is 30.1 Å². The van der Waals surface area contributed by atoms with Gasteiger partial charge < -0.3 is 10.1 Å². The fourth-order valence-electron chi connectivity index (χ4n) is 4.37. The molecule has 0 bridgehead atoms. The Morgan fingerprint density at radius 1 is 1.17 bits per heavy atom. The summed E-state index contributed by atoms with van der Waals surface area (Å²) >= 11 is 0. The number of nitrogens with one attached hydrogen (secondary N) is 2. The van der Waals surface area contributed by atoms with E-state index >= 15 is 0 Å². The number of carbonyl (C=O) groups excluding carboxylic acids is 3. The molecule has 10 heteroatoms. The maximum Gasteiger partial charge on any atom is 0.407 e. The normalized spacial score (nSPS) is 19.1. The number of ether oxygens (including phenoxy) is 1. The Morgan fingerprint density at radius 3 is 2.51 bits per heavy atom. The van der Waals surface area contributed by atoms with Crippen LogP contribution in [-0.4, -0.2) is 65.4 Å².